The van der Waals surface area contributed by atoms with E-state index in [0.29, 0.717) is 18.7 Å². The molecule has 1 aliphatic heterocycles. The molecule has 0 saturated carbocycles. The number of carbonyl (C=O) groups excluding carboxylic acids is 1. The Morgan fingerprint density at radius 2 is 2.00 bits per heavy atom. The number of ether oxygens (including phenoxy) is 1. The number of aromatic nitrogens is 2. The molecule has 0 N–H and O–H groups in total. The van der Waals surface area contributed by atoms with Crippen LogP contribution in [0.5, 0.6) is 5.75 Å². The maximum absolute atomic E-state index is 12.9. The van der Waals surface area contributed by atoms with Crippen LogP contribution in [0.3, 0.4) is 0 Å². The third-order valence-electron chi connectivity index (χ3n) is 4.61. The van der Waals surface area contributed by atoms with E-state index in [1.165, 1.54) is 0 Å². The molecule has 0 aliphatic carbocycles. The Morgan fingerprint density at radius 1 is 1.28 bits per heavy atom. The molecule has 1 aliphatic rings. The van der Waals surface area contributed by atoms with Gasteiger partial charge in [-0.1, -0.05) is 0 Å². The smallest absolute Gasteiger partial charge is 0.254 e. The van der Waals surface area contributed by atoms with Crippen molar-refractivity contribution in [2.24, 2.45) is 0 Å². The van der Waals surface area contributed by atoms with E-state index in [9.17, 15) is 4.79 Å². The summed E-state index contributed by atoms with van der Waals surface area (Å²) in [5.41, 5.74) is 2.78. The average molecular weight is 340 g/mol. The molecule has 0 atom stereocenters. The molecule has 0 spiro atoms. The number of nitrogens with zero attached hydrogens (tertiary/aromatic N) is 4. The summed E-state index contributed by atoms with van der Waals surface area (Å²) in [6.45, 7) is 6.08. The van der Waals surface area contributed by atoms with E-state index in [1.807, 2.05) is 31.0 Å². The van der Waals surface area contributed by atoms with Crippen LogP contribution in [-0.4, -0.2) is 48.0 Å². The molecule has 6 heteroatoms. The summed E-state index contributed by atoms with van der Waals surface area (Å²) in [6.07, 6.45) is 0.755. The van der Waals surface area contributed by atoms with Crippen LogP contribution in [0.1, 0.15) is 34.4 Å². The standard InChI is InChI=1S/C19H24N4O2/c1-5-22(3)18-16-12-23(11-10-17(16)20-13(2)21-18)19(24)14-6-8-15(25-4)9-7-14/h6-9H,5,10-12H2,1-4H3. The predicted octanol–water partition coefficient (Wildman–Crippen LogP) is 2.45. The monoisotopic (exact) mass is 340 g/mol. The number of benzene rings is 1. The number of methoxy groups -OCH3 is 1. The summed E-state index contributed by atoms with van der Waals surface area (Å²) in [7, 11) is 3.64. The Balaban J connectivity index is 1.87. The lowest BCUT2D eigenvalue weighted by Gasteiger charge is -2.31. The van der Waals surface area contributed by atoms with Crippen molar-refractivity contribution in [2.45, 2.75) is 26.8 Å². The predicted molar refractivity (Wildman–Crippen MR) is 97.2 cm³/mol. The lowest BCUT2D eigenvalue weighted by molar-refractivity contribution is 0.0733. The highest BCUT2D eigenvalue weighted by Crippen LogP contribution is 2.27. The molecule has 1 aromatic carbocycles. The van der Waals surface area contributed by atoms with Gasteiger partial charge in [-0.3, -0.25) is 4.79 Å². The number of carbonyl (C=O) groups is 1. The number of fused-ring (bicyclic) bond motifs is 1. The highest BCUT2D eigenvalue weighted by Gasteiger charge is 2.26. The largest absolute Gasteiger partial charge is 0.497 e. The minimum atomic E-state index is 0.0268. The van der Waals surface area contributed by atoms with Gasteiger partial charge in [0, 0.05) is 37.7 Å². The number of hydrogen-bond donors (Lipinski definition) is 0. The fraction of sp³-hybridized carbons (Fsp3) is 0.421. The van der Waals surface area contributed by atoms with Gasteiger partial charge in [0.2, 0.25) is 0 Å². The van der Waals surface area contributed by atoms with E-state index in [-0.39, 0.29) is 5.91 Å². The van der Waals surface area contributed by atoms with Crippen LogP contribution in [0.4, 0.5) is 5.82 Å². The fourth-order valence-electron chi connectivity index (χ4n) is 3.07. The normalized spacial score (nSPS) is 13.4. The van der Waals surface area contributed by atoms with Gasteiger partial charge >= 0.3 is 0 Å². The first kappa shape index (κ1) is 17.2. The van der Waals surface area contributed by atoms with Gasteiger partial charge in [-0.15, -0.1) is 0 Å². The molecular formula is C19H24N4O2. The molecule has 3 rings (SSSR count). The lowest BCUT2D eigenvalue weighted by Crippen LogP contribution is -2.38. The molecule has 1 aromatic heterocycles. The second kappa shape index (κ2) is 7.09. The van der Waals surface area contributed by atoms with Gasteiger partial charge in [0.1, 0.15) is 17.4 Å². The molecule has 0 bridgehead atoms. The molecular weight excluding hydrogens is 316 g/mol. The van der Waals surface area contributed by atoms with Gasteiger partial charge in [0.25, 0.3) is 5.91 Å². The summed E-state index contributed by atoms with van der Waals surface area (Å²) in [5, 5.41) is 0. The van der Waals surface area contributed by atoms with Crippen LogP contribution in [0.15, 0.2) is 24.3 Å². The van der Waals surface area contributed by atoms with E-state index >= 15 is 0 Å². The van der Waals surface area contributed by atoms with E-state index < -0.39 is 0 Å². The maximum atomic E-state index is 12.9. The summed E-state index contributed by atoms with van der Waals surface area (Å²) < 4.78 is 5.16. The second-order valence-electron chi connectivity index (χ2n) is 6.24. The first-order chi connectivity index (χ1) is 12.0. The number of anilines is 1. The van der Waals surface area contributed by atoms with Gasteiger partial charge in [0.15, 0.2) is 0 Å². The Morgan fingerprint density at radius 3 is 2.64 bits per heavy atom. The third-order valence-corrected chi connectivity index (χ3v) is 4.61. The molecule has 2 aromatic rings. The minimum absolute atomic E-state index is 0.0268. The molecule has 25 heavy (non-hydrogen) atoms. The first-order valence-electron chi connectivity index (χ1n) is 8.54. The minimum Gasteiger partial charge on any atom is -0.497 e. The average Bonchev–Trinajstić information content (AvgIpc) is 2.65. The zero-order chi connectivity index (χ0) is 18.0. The number of rotatable bonds is 4. The van der Waals surface area contributed by atoms with Crippen molar-refractivity contribution in [1.82, 2.24) is 14.9 Å². The van der Waals surface area contributed by atoms with Gasteiger partial charge in [-0.05, 0) is 38.1 Å². The Bertz CT molecular complexity index is 774. The van der Waals surface area contributed by atoms with Crippen molar-refractivity contribution in [3.05, 3.63) is 46.9 Å². The van der Waals surface area contributed by atoms with Gasteiger partial charge in [-0.2, -0.15) is 0 Å². The number of aryl methyl sites for hydroxylation is 1. The van der Waals surface area contributed by atoms with E-state index in [0.717, 1.165) is 41.6 Å². The third kappa shape index (κ3) is 3.43. The van der Waals surface area contributed by atoms with E-state index in [1.54, 1.807) is 19.2 Å². The van der Waals surface area contributed by atoms with Gasteiger partial charge < -0.3 is 14.5 Å². The molecule has 132 valence electrons. The van der Waals surface area contributed by atoms with Crippen molar-refractivity contribution in [2.75, 3.05) is 32.1 Å². The molecule has 0 radical (unpaired) electrons. The van der Waals surface area contributed by atoms with Crippen LogP contribution >= 0.6 is 0 Å². The Labute approximate surface area is 148 Å². The Kier molecular flexibility index (Phi) is 4.88. The number of amides is 1. The molecule has 1 amide bonds. The van der Waals surface area contributed by atoms with Crippen molar-refractivity contribution in [1.29, 1.82) is 0 Å². The summed E-state index contributed by atoms with van der Waals surface area (Å²) in [6, 6.07) is 7.24. The summed E-state index contributed by atoms with van der Waals surface area (Å²) >= 11 is 0. The molecule has 0 saturated heterocycles. The zero-order valence-electron chi connectivity index (χ0n) is 15.2. The van der Waals surface area contributed by atoms with Crippen LogP contribution < -0.4 is 9.64 Å². The van der Waals surface area contributed by atoms with Crippen LogP contribution in [0.25, 0.3) is 0 Å². The molecule has 2 heterocycles. The SMILES string of the molecule is CCN(C)c1nc(C)nc2c1CN(C(=O)c1ccc(OC)cc1)CC2. The van der Waals surface area contributed by atoms with Crippen LogP contribution in [0.2, 0.25) is 0 Å². The lowest BCUT2D eigenvalue weighted by atomic mass is 10.0. The molecule has 0 unspecified atom stereocenters. The fourth-order valence-corrected chi connectivity index (χ4v) is 3.07. The Hall–Kier alpha value is -2.63. The van der Waals surface area contributed by atoms with Crippen LogP contribution in [-0.2, 0) is 13.0 Å². The topological polar surface area (TPSA) is 58.6 Å². The van der Waals surface area contributed by atoms with E-state index in [2.05, 4.69) is 21.8 Å². The van der Waals surface area contributed by atoms with Crippen molar-refractivity contribution in [3.8, 4) is 5.75 Å². The van der Waals surface area contributed by atoms with Crippen molar-refractivity contribution >= 4 is 11.7 Å². The van der Waals surface area contributed by atoms with E-state index in [4.69, 9.17) is 4.74 Å². The van der Waals surface area contributed by atoms with Gasteiger partial charge in [0.05, 0.1) is 19.3 Å². The molecule has 6 nitrogen and oxygen atoms in total. The highest BCUT2D eigenvalue weighted by molar-refractivity contribution is 5.94. The molecule has 0 fully saturated rings. The van der Waals surface area contributed by atoms with Gasteiger partial charge in [-0.25, -0.2) is 9.97 Å². The van der Waals surface area contributed by atoms with Crippen molar-refractivity contribution in [3.63, 3.8) is 0 Å². The first-order valence-corrected chi connectivity index (χ1v) is 8.54. The zero-order valence-corrected chi connectivity index (χ0v) is 15.2. The highest BCUT2D eigenvalue weighted by atomic mass is 16.5. The quantitative estimate of drug-likeness (QED) is 0.856. The maximum Gasteiger partial charge on any atom is 0.254 e. The second-order valence-corrected chi connectivity index (χ2v) is 6.24. The number of hydrogen-bond acceptors (Lipinski definition) is 5. The summed E-state index contributed by atoms with van der Waals surface area (Å²) in [4.78, 5) is 26.0. The van der Waals surface area contributed by atoms with Crippen molar-refractivity contribution < 1.29 is 9.53 Å². The summed E-state index contributed by atoms with van der Waals surface area (Å²) in [5.74, 6) is 2.48. The van der Waals surface area contributed by atoms with Crippen LogP contribution in [0, 0.1) is 6.92 Å².